The molecule has 2 aromatic carbocycles. The lowest BCUT2D eigenvalue weighted by molar-refractivity contribution is -0.111. The molecule has 1 aliphatic heterocycles. The molecule has 0 radical (unpaired) electrons. The molecule has 0 aliphatic carbocycles. The van der Waals surface area contributed by atoms with Crippen LogP contribution in [0, 0.1) is 0 Å². The fourth-order valence-corrected chi connectivity index (χ4v) is 2.87. The molecule has 27 heavy (non-hydrogen) atoms. The minimum absolute atomic E-state index is 0.149. The number of nitrogens with zero attached hydrogens (tertiary/aromatic N) is 1. The van der Waals surface area contributed by atoms with Crippen molar-refractivity contribution in [3.05, 3.63) is 83.6 Å². The minimum Gasteiger partial charge on any atom is -0.494 e. The molecule has 2 amide bonds. The van der Waals surface area contributed by atoms with Crippen molar-refractivity contribution < 1.29 is 14.3 Å². The summed E-state index contributed by atoms with van der Waals surface area (Å²) >= 11 is 0. The van der Waals surface area contributed by atoms with E-state index in [1.807, 2.05) is 61.5 Å². The molecule has 1 heterocycles. The molecule has 5 nitrogen and oxygen atoms in total. The maximum absolute atomic E-state index is 12.8. The number of carbonyl (C=O) groups excluding carboxylic acids is 2. The molecule has 0 aromatic heterocycles. The van der Waals surface area contributed by atoms with E-state index in [0.717, 1.165) is 16.9 Å². The molecule has 0 saturated carbocycles. The molecule has 3 rings (SSSR count). The second-order valence-electron chi connectivity index (χ2n) is 6.19. The van der Waals surface area contributed by atoms with Gasteiger partial charge in [0.15, 0.2) is 5.78 Å². The summed E-state index contributed by atoms with van der Waals surface area (Å²) in [4.78, 5) is 26.2. The smallest absolute Gasteiger partial charge is 0.321 e. The monoisotopic (exact) mass is 362 g/mol. The number of carbonyl (C=O) groups is 2. The van der Waals surface area contributed by atoms with Gasteiger partial charge in [0, 0.05) is 18.8 Å². The molecular formula is C22H22N2O3. The van der Waals surface area contributed by atoms with Crippen molar-refractivity contribution in [2.75, 3.05) is 13.7 Å². The summed E-state index contributed by atoms with van der Waals surface area (Å²) in [5.74, 6) is 0.647. The largest absolute Gasteiger partial charge is 0.494 e. The van der Waals surface area contributed by atoms with E-state index in [-0.39, 0.29) is 11.8 Å². The quantitative estimate of drug-likeness (QED) is 0.792. The summed E-state index contributed by atoms with van der Waals surface area (Å²) in [7, 11) is 1.62. The van der Waals surface area contributed by atoms with Gasteiger partial charge in [-0.15, -0.1) is 0 Å². The van der Waals surface area contributed by atoms with Crippen LogP contribution in [0.1, 0.15) is 24.1 Å². The van der Waals surface area contributed by atoms with E-state index in [0.29, 0.717) is 12.2 Å². The molecule has 0 fully saturated rings. The van der Waals surface area contributed by atoms with Crippen LogP contribution in [0.25, 0.3) is 6.08 Å². The van der Waals surface area contributed by atoms with Crippen molar-refractivity contribution in [2.24, 2.45) is 0 Å². The summed E-state index contributed by atoms with van der Waals surface area (Å²) in [5.41, 5.74) is 2.29. The minimum atomic E-state index is -0.465. The van der Waals surface area contributed by atoms with Crippen LogP contribution in [0.15, 0.2) is 72.4 Å². The van der Waals surface area contributed by atoms with Crippen LogP contribution >= 0.6 is 0 Å². The molecule has 1 N–H and O–H groups in total. The van der Waals surface area contributed by atoms with Gasteiger partial charge in [-0.1, -0.05) is 48.5 Å². The highest BCUT2D eigenvalue weighted by Crippen LogP contribution is 2.26. The first-order chi connectivity index (χ1) is 13.1. The first-order valence-electron chi connectivity index (χ1n) is 8.83. The molecule has 0 saturated heterocycles. The van der Waals surface area contributed by atoms with Gasteiger partial charge in [0.05, 0.1) is 12.6 Å². The fourth-order valence-electron chi connectivity index (χ4n) is 2.87. The number of ketones is 1. The summed E-state index contributed by atoms with van der Waals surface area (Å²) < 4.78 is 5.42. The number of allylic oxidation sites excluding steroid dienone is 1. The zero-order valence-electron chi connectivity index (χ0n) is 15.4. The third kappa shape index (κ3) is 4.44. The molecule has 5 heteroatoms. The van der Waals surface area contributed by atoms with Crippen LogP contribution < -0.4 is 10.1 Å². The Hall–Kier alpha value is -3.34. The lowest BCUT2D eigenvalue weighted by Crippen LogP contribution is -2.43. The van der Waals surface area contributed by atoms with Gasteiger partial charge in [-0.25, -0.2) is 4.79 Å². The zero-order chi connectivity index (χ0) is 19.2. The standard InChI is InChI=1S/C22H22N2O3/c1-3-27-18-12-9-16(10-13-18)11-14-20(25)19-15-24(2)22(26)23-21(19)17-7-5-4-6-8-17/h4-15,21H,3H2,1-2H3,(H,23,26)/b14-11+/t21-/m1/s1. The number of ether oxygens (including phenoxy) is 1. The van der Waals surface area contributed by atoms with Crippen molar-refractivity contribution in [1.29, 1.82) is 0 Å². The number of amides is 2. The number of hydrogen-bond donors (Lipinski definition) is 1. The Balaban J connectivity index is 1.82. The molecule has 1 aliphatic rings. The second kappa shape index (κ2) is 8.36. The Morgan fingerprint density at radius 2 is 1.85 bits per heavy atom. The van der Waals surface area contributed by atoms with Gasteiger partial charge in [-0.2, -0.15) is 0 Å². The van der Waals surface area contributed by atoms with Crippen molar-refractivity contribution >= 4 is 17.9 Å². The number of benzene rings is 2. The van der Waals surface area contributed by atoms with Crippen LogP contribution in [0.4, 0.5) is 4.79 Å². The van der Waals surface area contributed by atoms with Crippen LogP contribution in [-0.2, 0) is 4.79 Å². The van der Waals surface area contributed by atoms with E-state index >= 15 is 0 Å². The molecule has 0 unspecified atom stereocenters. The van der Waals surface area contributed by atoms with E-state index in [1.54, 1.807) is 19.3 Å². The van der Waals surface area contributed by atoms with Crippen molar-refractivity contribution in [1.82, 2.24) is 10.2 Å². The molecule has 2 aromatic rings. The SMILES string of the molecule is CCOc1ccc(/C=C/C(=O)C2=CN(C)C(=O)N[C@@H]2c2ccccc2)cc1. The van der Waals surface area contributed by atoms with Crippen molar-refractivity contribution in [3.63, 3.8) is 0 Å². The van der Waals surface area contributed by atoms with Gasteiger partial charge in [0.1, 0.15) is 5.75 Å². The van der Waals surface area contributed by atoms with Crippen LogP contribution in [0.2, 0.25) is 0 Å². The van der Waals surface area contributed by atoms with Crippen LogP contribution in [-0.4, -0.2) is 30.4 Å². The average molecular weight is 362 g/mol. The lowest BCUT2D eigenvalue weighted by Gasteiger charge is -2.29. The number of hydrogen-bond acceptors (Lipinski definition) is 3. The predicted molar refractivity (Wildman–Crippen MR) is 105 cm³/mol. The molecule has 0 bridgehead atoms. The Bertz CT molecular complexity index is 870. The Labute approximate surface area is 158 Å². The lowest BCUT2D eigenvalue weighted by atomic mass is 9.94. The Morgan fingerprint density at radius 1 is 1.15 bits per heavy atom. The van der Waals surface area contributed by atoms with Gasteiger partial charge in [0.25, 0.3) is 0 Å². The fraction of sp³-hybridized carbons (Fsp3) is 0.182. The van der Waals surface area contributed by atoms with Gasteiger partial charge in [0.2, 0.25) is 0 Å². The van der Waals surface area contributed by atoms with Gasteiger partial charge < -0.3 is 15.0 Å². The predicted octanol–water partition coefficient (Wildman–Crippen LogP) is 3.95. The van der Waals surface area contributed by atoms with E-state index < -0.39 is 6.04 Å². The van der Waals surface area contributed by atoms with E-state index in [9.17, 15) is 9.59 Å². The number of rotatable bonds is 6. The van der Waals surface area contributed by atoms with E-state index in [2.05, 4.69) is 5.32 Å². The number of nitrogens with one attached hydrogen (secondary N) is 1. The van der Waals surface area contributed by atoms with Crippen LogP contribution in [0.5, 0.6) is 5.75 Å². The topological polar surface area (TPSA) is 58.6 Å². The Kier molecular flexibility index (Phi) is 5.71. The van der Waals surface area contributed by atoms with Crippen molar-refractivity contribution in [2.45, 2.75) is 13.0 Å². The normalized spacial score (nSPS) is 16.8. The first kappa shape index (κ1) is 18.5. The maximum atomic E-state index is 12.8. The third-order valence-corrected chi connectivity index (χ3v) is 4.27. The zero-order valence-corrected chi connectivity index (χ0v) is 15.4. The molecule has 1 atom stereocenters. The third-order valence-electron chi connectivity index (χ3n) is 4.27. The van der Waals surface area contributed by atoms with E-state index in [1.165, 1.54) is 11.0 Å². The average Bonchev–Trinajstić information content (AvgIpc) is 2.70. The Morgan fingerprint density at radius 3 is 2.52 bits per heavy atom. The molecular weight excluding hydrogens is 340 g/mol. The van der Waals surface area contributed by atoms with E-state index in [4.69, 9.17) is 4.74 Å². The summed E-state index contributed by atoms with van der Waals surface area (Å²) in [6, 6.07) is 16.3. The second-order valence-corrected chi connectivity index (χ2v) is 6.19. The highest BCUT2D eigenvalue weighted by molar-refractivity contribution is 6.08. The van der Waals surface area contributed by atoms with Gasteiger partial charge >= 0.3 is 6.03 Å². The first-order valence-corrected chi connectivity index (χ1v) is 8.83. The highest BCUT2D eigenvalue weighted by atomic mass is 16.5. The summed E-state index contributed by atoms with van der Waals surface area (Å²) in [6.45, 7) is 2.55. The van der Waals surface area contributed by atoms with Crippen molar-refractivity contribution in [3.8, 4) is 5.75 Å². The maximum Gasteiger partial charge on any atom is 0.321 e. The van der Waals surface area contributed by atoms with Gasteiger partial charge in [-0.3, -0.25) is 4.79 Å². The van der Waals surface area contributed by atoms with Gasteiger partial charge in [-0.05, 0) is 36.3 Å². The summed E-state index contributed by atoms with van der Waals surface area (Å²) in [5, 5.41) is 2.88. The number of urea groups is 1. The molecule has 138 valence electrons. The highest BCUT2D eigenvalue weighted by Gasteiger charge is 2.29. The summed E-state index contributed by atoms with van der Waals surface area (Å²) in [6.07, 6.45) is 4.89. The van der Waals surface area contributed by atoms with Crippen LogP contribution in [0.3, 0.4) is 0 Å². The molecule has 0 spiro atoms.